The Balaban J connectivity index is 1.99. The molecule has 20 heavy (non-hydrogen) atoms. The van der Waals surface area contributed by atoms with Gasteiger partial charge < -0.3 is 4.74 Å². The van der Waals surface area contributed by atoms with Gasteiger partial charge in [0.05, 0.1) is 6.10 Å². The minimum Gasteiger partial charge on any atom is -0.357 e. The van der Waals surface area contributed by atoms with Crippen molar-refractivity contribution in [2.45, 2.75) is 25.0 Å². The summed E-state index contributed by atoms with van der Waals surface area (Å²) in [6.07, 6.45) is 0.921. The molecule has 0 amide bonds. The predicted molar refractivity (Wildman–Crippen MR) is 81.3 cm³/mol. The van der Waals surface area contributed by atoms with Crippen molar-refractivity contribution < 1.29 is 4.74 Å². The SMILES string of the molecule is C=C=C1C[C@H](c2ccccc2)O[C@]1(C)c1ccccc1. The van der Waals surface area contributed by atoms with Crippen LogP contribution in [-0.4, -0.2) is 0 Å². The number of rotatable bonds is 2. The Morgan fingerprint density at radius 3 is 2.25 bits per heavy atom. The van der Waals surface area contributed by atoms with Crippen molar-refractivity contribution in [2.24, 2.45) is 0 Å². The molecule has 0 bridgehead atoms. The first-order valence-electron chi connectivity index (χ1n) is 6.92. The lowest BCUT2D eigenvalue weighted by Gasteiger charge is -2.26. The molecule has 0 unspecified atom stereocenters. The summed E-state index contributed by atoms with van der Waals surface area (Å²) in [5, 5.41) is 0. The first kappa shape index (κ1) is 12.9. The molecule has 0 saturated carbocycles. The number of benzene rings is 2. The van der Waals surface area contributed by atoms with Gasteiger partial charge in [0.2, 0.25) is 0 Å². The Bertz CT molecular complexity index is 638. The molecule has 1 aliphatic rings. The van der Waals surface area contributed by atoms with Crippen molar-refractivity contribution in [2.75, 3.05) is 0 Å². The molecule has 1 saturated heterocycles. The standard InChI is InChI=1S/C19H18O/c1-3-16-14-18(15-10-6-4-7-11-15)20-19(16,2)17-12-8-5-9-13-17/h4-13,18H,1,14H2,2H3/t18-,19+/m1/s1. The van der Waals surface area contributed by atoms with Crippen LogP contribution in [-0.2, 0) is 10.3 Å². The van der Waals surface area contributed by atoms with E-state index < -0.39 is 5.60 Å². The summed E-state index contributed by atoms with van der Waals surface area (Å²) in [6, 6.07) is 20.7. The maximum atomic E-state index is 6.38. The zero-order valence-electron chi connectivity index (χ0n) is 11.7. The fourth-order valence-electron chi connectivity index (χ4n) is 2.87. The van der Waals surface area contributed by atoms with Gasteiger partial charge in [0, 0.05) is 12.0 Å². The first-order valence-corrected chi connectivity index (χ1v) is 6.92. The van der Waals surface area contributed by atoms with Crippen LogP contribution < -0.4 is 0 Å². The molecular weight excluding hydrogens is 244 g/mol. The number of hydrogen-bond acceptors (Lipinski definition) is 1. The number of ether oxygens (including phenoxy) is 1. The number of hydrogen-bond donors (Lipinski definition) is 0. The molecule has 1 aliphatic heterocycles. The minimum absolute atomic E-state index is 0.0747. The van der Waals surface area contributed by atoms with Gasteiger partial charge in [0.25, 0.3) is 0 Å². The molecule has 1 heterocycles. The Morgan fingerprint density at radius 2 is 1.65 bits per heavy atom. The molecular formula is C19H18O. The first-order chi connectivity index (χ1) is 9.74. The van der Waals surface area contributed by atoms with Crippen LogP contribution in [0.4, 0.5) is 0 Å². The molecule has 1 nitrogen and oxygen atoms in total. The normalized spacial score (nSPS) is 25.4. The van der Waals surface area contributed by atoms with E-state index in [1.807, 2.05) is 36.4 Å². The molecule has 100 valence electrons. The molecule has 3 rings (SSSR count). The Labute approximate surface area is 120 Å². The lowest BCUT2D eigenvalue weighted by molar-refractivity contribution is -0.0202. The predicted octanol–water partition coefficient (Wildman–Crippen LogP) is 4.77. The van der Waals surface area contributed by atoms with Gasteiger partial charge in [-0.15, -0.1) is 5.73 Å². The van der Waals surface area contributed by atoms with Crippen molar-refractivity contribution in [3.8, 4) is 0 Å². The summed E-state index contributed by atoms with van der Waals surface area (Å²) in [4.78, 5) is 0. The smallest absolute Gasteiger partial charge is 0.120 e. The van der Waals surface area contributed by atoms with E-state index >= 15 is 0 Å². The van der Waals surface area contributed by atoms with Crippen LogP contribution in [0, 0.1) is 0 Å². The van der Waals surface area contributed by atoms with Crippen molar-refractivity contribution in [1.82, 2.24) is 0 Å². The van der Waals surface area contributed by atoms with Crippen molar-refractivity contribution >= 4 is 0 Å². The van der Waals surface area contributed by atoms with Gasteiger partial charge in [-0.25, -0.2) is 0 Å². The highest BCUT2D eigenvalue weighted by Crippen LogP contribution is 2.48. The third-order valence-electron chi connectivity index (χ3n) is 4.05. The third-order valence-corrected chi connectivity index (χ3v) is 4.05. The van der Waals surface area contributed by atoms with Gasteiger partial charge in [0.15, 0.2) is 0 Å². The van der Waals surface area contributed by atoms with E-state index in [-0.39, 0.29) is 6.10 Å². The molecule has 0 aliphatic carbocycles. The summed E-state index contributed by atoms with van der Waals surface area (Å²) in [5.41, 5.74) is 6.16. The monoisotopic (exact) mass is 262 g/mol. The van der Waals surface area contributed by atoms with E-state index in [0.717, 1.165) is 17.6 Å². The summed E-state index contributed by atoms with van der Waals surface area (Å²) < 4.78 is 6.38. The van der Waals surface area contributed by atoms with E-state index in [4.69, 9.17) is 4.74 Å². The summed E-state index contributed by atoms with van der Waals surface area (Å²) in [6.45, 7) is 5.96. The Morgan fingerprint density at radius 1 is 1.05 bits per heavy atom. The highest BCUT2D eigenvalue weighted by Gasteiger charge is 2.42. The Kier molecular flexibility index (Phi) is 3.31. The molecule has 0 aromatic heterocycles. The van der Waals surface area contributed by atoms with E-state index in [1.54, 1.807) is 0 Å². The molecule has 1 heteroatoms. The van der Waals surface area contributed by atoms with Gasteiger partial charge in [-0.3, -0.25) is 0 Å². The lowest BCUT2D eigenvalue weighted by Crippen LogP contribution is -2.22. The largest absolute Gasteiger partial charge is 0.357 e. The molecule has 2 atom stereocenters. The van der Waals surface area contributed by atoms with E-state index in [2.05, 4.69) is 43.5 Å². The molecule has 1 fully saturated rings. The van der Waals surface area contributed by atoms with Crippen LogP contribution in [0.3, 0.4) is 0 Å². The third kappa shape index (κ3) is 2.12. The van der Waals surface area contributed by atoms with Crippen LogP contribution in [0.1, 0.15) is 30.6 Å². The Hall–Kier alpha value is -2.08. The fourth-order valence-corrected chi connectivity index (χ4v) is 2.87. The molecule has 2 aromatic carbocycles. The van der Waals surface area contributed by atoms with Crippen molar-refractivity contribution in [3.05, 3.63) is 89.7 Å². The maximum absolute atomic E-state index is 6.38. The van der Waals surface area contributed by atoms with Gasteiger partial charge in [-0.05, 0) is 18.1 Å². The minimum atomic E-state index is -0.427. The summed E-state index contributed by atoms with van der Waals surface area (Å²) in [7, 11) is 0. The second-order valence-corrected chi connectivity index (χ2v) is 5.28. The van der Waals surface area contributed by atoms with Gasteiger partial charge in [0.1, 0.15) is 5.60 Å². The topological polar surface area (TPSA) is 9.23 Å². The van der Waals surface area contributed by atoms with Crippen molar-refractivity contribution in [3.63, 3.8) is 0 Å². The zero-order chi connectivity index (χ0) is 14.0. The highest BCUT2D eigenvalue weighted by atomic mass is 16.5. The van der Waals surface area contributed by atoms with Crippen LogP contribution in [0.25, 0.3) is 0 Å². The summed E-state index contributed by atoms with van der Waals surface area (Å²) in [5.74, 6) is 0. The van der Waals surface area contributed by atoms with Crippen LogP contribution in [0.2, 0.25) is 0 Å². The van der Waals surface area contributed by atoms with Crippen LogP contribution in [0.5, 0.6) is 0 Å². The molecule has 0 radical (unpaired) electrons. The van der Waals surface area contributed by atoms with E-state index in [1.165, 1.54) is 5.56 Å². The van der Waals surface area contributed by atoms with Gasteiger partial charge in [-0.1, -0.05) is 67.2 Å². The summed E-state index contributed by atoms with van der Waals surface area (Å²) >= 11 is 0. The zero-order valence-corrected chi connectivity index (χ0v) is 11.7. The van der Waals surface area contributed by atoms with Gasteiger partial charge >= 0.3 is 0 Å². The second kappa shape index (κ2) is 5.13. The average molecular weight is 262 g/mol. The van der Waals surface area contributed by atoms with Crippen LogP contribution >= 0.6 is 0 Å². The van der Waals surface area contributed by atoms with E-state index in [0.29, 0.717) is 0 Å². The molecule has 0 spiro atoms. The van der Waals surface area contributed by atoms with Crippen LogP contribution in [0.15, 0.2) is 78.5 Å². The van der Waals surface area contributed by atoms with Gasteiger partial charge in [-0.2, -0.15) is 0 Å². The average Bonchev–Trinajstić information content (AvgIpc) is 2.87. The lowest BCUT2D eigenvalue weighted by atomic mass is 9.88. The molecule has 2 aromatic rings. The highest BCUT2D eigenvalue weighted by molar-refractivity contribution is 5.36. The fraction of sp³-hybridized carbons (Fsp3) is 0.211. The van der Waals surface area contributed by atoms with E-state index in [9.17, 15) is 0 Å². The van der Waals surface area contributed by atoms with Crippen molar-refractivity contribution in [1.29, 1.82) is 0 Å². The molecule has 0 N–H and O–H groups in total. The second-order valence-electron chi connectivity index (χ2n) is 5.28. The quantitative estimate of drug-likeness (QED) is 0.708. The maximum Gasteiger partial charge on any atom is 0.120 e.